The van der Waals surface area contributed by atoms with Crippen molar-refractivity contribution in [3.8, 4) is 16.9 Å². The summed E-state index contributed by atoms with van der Waals surface area (Å²) in [7, 11) is 1.95. The summed E-state index contributed by atoms with van der Waals surface area (Å²) in [5.74, 6) is -0.195. The van der Waals surface area contributed by atoms with E-state index in [-0.39, 0.29) is 0 Å². The summed E-state index contributed by atoms with van der Waals surface area (Å²) < 4.78 is 11.7. The zero-order valence-corrected chi connectivity index (χ0v) is 23.8. The Morgan fingerprint density at radius 2 is 1.85 bits per heavy atom. The molecule has 39 heavy (non-hydrogen) atoms. The van der Waals surface area contributed by atoms with Gasteiger partial charge in [0.15, 0.2) is 6.10 Å². The minimum absolute atomic E-state index is 0.554. The van der Waals surface area contributed by atoms with E-state index in [0.717, 1.165) is 47.4 Å². The van der Waals surface area contributed by atoms with Gasteiger partial charge in [0, 0.05) is 17.8 Å². The maximum atomic E-state index is 12.3. The highest BCUT2D eigenvalue weighted by atomic mass is 16.5. The number of anilines is 1. The molecule has 3 aromatic rings. The maximum absolute atomic E-state index is 12.3. The summed E-state index contributed by atoms with van der Waals surface area (Å²) in [6, 6.07) is 18.2. The zero-order chi connectivity index (χ0) is 28.6. The molecule has 0 saturated heterocycles. The average Bonchev–Trinajstić information content (AvgIpc) is 2.89. The SMILES string of the molecule is CNCc1ccccc1.Cc1cc(NC=O)c(C)c(C(OC(C)(C)C)C(=O)O)c1-c1ccc2c(c1)CCCO2. The molecule has 1 aliphatic heterocycles. The molecule has 7 heteroatoms. The molecule has 3 aromatic carbocycles. The Balaban J connectivity index is 0.000000395. The molecule has 1 heterocycles. The third kappa shape index (κ3) is 7.91. The van der Waals surface area contributed by atoms with Crippen LogP contribution >= 0.6 is 0 Å². The molecule has 1 unspecified atom stereocenters. The number of aryl methyl sites for hydroxylation is 2. The molecule has 208 valence electrons. The van der Waals surface area contributed by atoms with Gasteiger partial charge in [-0.15, -0.1) is 0 Å². The second-order valence-corrected chi connectivity index (χ2v) is 10.7. The lowest BCUT2D eigenvalue weighted by molar-refractivity contribution is -0.160. The number of carboxylic acids is 1. The number of carbonyl (C=O) groups is 2. The van der Waals surface area contributed by atoms with Gasteiger partial charge in [0.05, 0.1) is 12.2 Å². The van der Waals surface area contributed by atoms with Crippen molar-refractivity contribution in [2.24, 2.45) is 0 Å². The third-order valence-electron chi connectivity index (χ3n) is 6.43. The lowest BCUT2D eigenvalue weighted by Gasteiger charge is -2.29. The quantitative estimate of drug-likeness (QED) is 0.299. The second-order valence-electron chi connectivity index (χ2n) is 10.7. The number of benzene rings is 3. The largest absolute Gasteiger partial charge is 0.493 e. The van der Waals surface area contributed by atoms with E-state index in [1.165, 1.54) is 5.56 Å². The van der Waals surface area contributed by atoms with E-state index in [2.05, 4.69) is 28.8 Å². The molecular weight excluding hydrogens is 492 g/mol. The number of aliphatic carboxylic acids is 1. The van der Waals surface area contributed by atoms with Gasteiger partial charge in [-0.05, 0) is 106 Å². The molecule has 7 nitrogen and oxygen atoms in total. The summed E-state index contributed by atoms with van der Waals surface area (Å²) in [6.07, 6.45) is 1.29. The Labute approximate surface area is 231 Å². The lowest BCUT2D eigenvalue weighted by Crippen LogP contribution is -2.28. The Kier molecular flexibility index (Phi) is 10.3. The predicted molar refractivity (Wildman–Crippen MR) is 155 cm³/mol. The van der Waals surface area contributed by atoms with E-state index in [4.69, 9.17) is 9.47 Å². The van der Waals surface area contributed by atoms with Gasteiger partial charge in [0.25, 0.3) is 0 Å². The van der Waals surface area contributed by atoms with Crippen molar-refractivity contribution < 1.29 is 24.2 Å². The van der Waals surface area contributed by atoms with Crippen LogP contribution in [-0.2, 0) is 27.3 Å². The Bertz CT molecular complexity index is 1280. The van der Waals surface area contributed by atoms with Crippen LogP contribution in [0.5, 0.6) is 5.75 Å². The summed E-state index contributed by atoms with van der Waals surface area (Å²) >= 11 is 0. The van der Waals surface area contributed by atoms with Crippen molar-refractivity contribution in [3.05, 3.63) is 82.4 Å². The van der Waals surface area contributed by atoms with Crippen LogP contribution in [0.2, 0.25) is 0 Å². The fourth-order valence-corrected chi connectivity index (χ4v) is 4.77. The molecule has 1 amide bonds. The molecule has 0 bridgehead atoms. The van der Waals surface area contributed by atoms with Crippen molar-refractivity contribution in [2.45, 2.75) is 65.7 Å². The van der Waals surface area contributed by atoms with Crippen LogP contribution in [0.4, 0.5) is 5.69 Å². The number of hydrogen-bond acceptors (Lipinski definition) is 5. The summed E-state index contributed by atoms with van der Waals surface area (Å²) in [4.78, 5) is 23.4. The van der Waals surface area contributed by atoms with Crippen LogP contribution < -0.4 is 15.4 Å². The topological polar surface area (TPSA) is 96.9 Å². The van der Waals surface area contributed by atoms with E-state index in [1.807, 2.05) is 78.1 Å². The zero-order valence-electron chi connectivity index (χ0n) is 23.8. The normalized spacial score (nSPS) is 13.3. The van der Waals surface area contributed by atoms with Gasteiger partial charge >= 0.3 is 5.97 Å². The predicted octanol–water partition coefficient (Wildman–Crippen LogP) is 6.21. The third-order valence-corrected chi connectivity index (χ3v) is 6.43. The molecule has 3 N–H and O–H groups in total. The van der Waals surface area contributed by atoms with Crippen molar-refractivity contribution in [1.82, 2.24) is 5.32 Å². The van der Waals surface area contributed by atoms with E-state index in [9.17, 15) is 14.7 Å². The number of carboxylic acid groups (broad SMARTS) is 1. The molecule has 0 fully saturated rings. The molecule has 1 aliphatic rings. The van der Waals surface area contributed by atoms with Crippen molar-refractivity contribution in [2.75, 3.05) is 19.0 Å². The van der Waals surface area contributed by atoms with Gasteiger partial charge in [-0.1, -0.05) is 36.4 Å². The molecule has 0 radical (unpaired) electrons. The first-order valence-electron chi connectivity index (χ1n) is 13.2. The van der Waals surface area contributed by atoms with Crippen molar-refractivity contribution in [3.63, 3.8) is 0 Å². The van der Waals surface area contributed by atoms with Crippen LogP contribution in [0.1, 0.15) is 61.1 Å². The lowest BCUT2D eigenvalue weighted by atomic mass is 9.86. The Morgan fingerprint density at radius 3 is 2.46 bits per heavy atom. The average molecular weight is 533 g/mol. The highest BCUT2D eigenvalue weighted by molar-refractivity contribution is 5.87. The standard InChI is InChI=1S/C24H29NO5.C8H11N/c1-14-11-18(25-13-26)15(2)21(22(23(27)28)30-24(3,4)5)20(14)17-8-9-19-16(12-17)7-6-10-29-19;1-9-7-8-5-3-2-4-6-8/h8-9,11-13,22H,6-7,10H2,1-5H3,(H,25,26)(H,27,28);2-6,9H,7H2,1H3. The van der Waals surface area contributed by atoms with Gasteiger partial charge in [-0.2, -0.15) is 0 Å². The van der Waals surface area contributed by atoms with Crippen LogP contribution in [-0.4, -0.2) is 36.7 Å². The molecule has 0 saturated carbocycles. The fourth-order valence-electron chi connectivity index (χ4n) is 4.77. The summed E-state index contributed by atoms with van der Waals surface area (Å²) in [5.41, 5.74) is 6.17. The maximum Gasteiger partial charge on any atom is 0.337 e. The molecule has 0 aromatic heterocycles. The highest BCUT2D eigenvalue weighted by Crippen LogP contribution is 2.42. The number of fused-ring (bicyclic) bond motifs is 1. The number of rotatable bonds is 8. The summed E-state index contributed by atoms with van der Waals surface area (Å²) in [5, 5.41) is 15.8. The van der Waals surface area contributed by atoms with Crippen molar-refractivity contribution in [1.29, 1.82) is 0 Å². The van der Waals surface area contributed by atoms with Crippen LogP contribution in [0.15, 0.2) is 54.6 Å². The molecule has 4 rings (SSSR count). The van der Waals surface area contributed by atoms with E-state index in [1.54, 1.807) is 0 Å². The highest BCUT2D eigenvalue weighted by Gasteiger charge is 2.32. The van der Waals surface area contributed by atoms with Crippen LogP contribution in [0, 0.1) is 13.8 Å². The monoisotopic (exact) mass is 532 g/mol. The summed E-state index contributed by atoms with van der Waals surface area (Å²) in [6.45, 7) is 10.9. The number of nitrogens with one attached hydrogen (secondary N) is 2. The smallest absolute Gasteiger partial charge is 0.337 e. The first-order valence-corrected chi connectivity index (χ1v) is 13.2. The second kappa shape index (κ2) is 13.4. The van der Waals surface area contributed by atoms with Gasteiger partial charge in [0.1, 0.15) is 5.75 Å². The number of hydrogen-bond donors (Lipinski definition) is 3. The van der Waals surface area contributed by atoms with E-state index < -0.39 is 17.7 Å². The van der Waals surface area contributed by atoms with E-state index >= 15 is 0 Å². The van der Waals surface area contributed by atoms with Crippen LogP contribution in [0.3, 0.4) is 0 Å². The molecule has 0 spiro atoms. The first kappa shape index (κ1) is 29.9. The van der Waals surface area contributed by atoms with Gasteiger partial charge in [0.2, 0.25) is 6.41 Å². The molecule has 0 aliphatic carbocycles. The van der Waals surface area contributed by atoms with Crippen molar-refractivity contribution >= 4 is 18.1 Å². The Hall–Kier alpha value is -3.68. The fraction of sp³-hybridized carbons (Fsp3) is 0.375. The minimum Gasteiger partial charge on any atom is -0.493 e. The number of amides is 1. The van der Waals surface area contributed by atoms with Gasteiger partial charge in [-0.25, -0.2) is 4.79 Å². The first-order chi connectivity index (χ1) is 18.6. The number of carbonyl (C=O) groups excluding carboxylic acids is 1. The molecule has 1 atom stereocenters. The minimum atomic E-state index is -1.18. The van der Waals surface area contributed by atoms with Crippen LogP contribution in [0.25, 0.3) is 11.1 Å². The molecular formula is C32H40N2O5. The van der Waals surface area contributed by atoms with Gasteiger partial charge in [-0.3, -0.25) is 4.79 Å². The number of ether oxygens (including phenoxy) is 2. The van der Waals surface area contributed by atoms with E-state index in [0.29, 0.717) is 29.8 Å². The Morgan fingerprint density at radius 1 is 1.13 bits per heavy atom. The van der Waals surface area contributed by atoms with Gasteiger partial charge < -0.3 is 25.2 Å².